The molecule has 1 aliphatic carbocycles. The third-order valence-electron chi connectivity index (χ3n) is 3.53. The maximum absolute atomic E-state index is 3.05. The molecule has 4 rings (SSSR count). The van der Waals surface area contributed by atoms with Crippen molar-refractivity contribution in [3.63, 3.8) is 0 Å². The molecule has 0 heteroatoms. The average Bonchev–Trinajstić information content (AvgIpc) is 2.46. The van der Waals surface area contributed by atoms with E-state index in [1.807, 2.05) is 12.2 Å². The Balaban J connectivity index is 2.25. The highest BCUT2D eigenvalue weighted by molar-refractivity contribution is 6.10. The van der Waals surface area contributed by atoms with E-state index < -0.39 is 0 Å². The third-order valence-corrected chi connectivity index (χ3v) is 3.53. The Morgan fingerprint density at radius 1 is 0.611 bits per heavy atom. The molecule has 0 atom stereocenters. The molecule has 82 valence electrons. The van der Waals surface area contributed by atoms with Crippen molar-refractivity contribution in [3.8, 4) is 0 Å². The fourth-order valence-electron chi connectivity index (χ4n) is 2.65. The molecule has 0 radical (unpaired) electrons. The molecule has 18 heavy (non-hydrogen) atoms. The number of benzene rings is 3. The summed E-state index contributed by atoms with van der Waals surface area (Å²) in [6.45, 7) is 0. The van der Waals surface area contributed by atoms with Crippen LogP contribution in [-0.4, -0.2) is 0 Å². The topological polar surface area (TPSA) is 0 Å². The molecule has 0 fully saturated rings. The van der Waals surface area contributed by atoms with Crippen LogP contribution in [0.4, 0.5) is 0 Å². The highest BCUT2D eigenvalue weighted by Crippen LogP contribution is 2.31. The number of rotatable bonds is 0. The van der Waals surface area contributed by atoms with Gasteiger partial charge < -0.3 is 0 Å². The molecule has 1 aliphatic rings. The van der Waals surface area contributed by atoms with Crippen LogP contribution in [0.25, 0.3) is 33.7 Å². The van der Waals surface area contributed by atoms with Gasteiger partial charge in [0.05, 0.1) is 0 Å². The first-order valence-corrected chi connectivity index (χ1v) is 6.05. The largest absolute Gasteiger partial charge is 0.0696 e. The normalized spacial score (nSPS) is 12.2. The molecular weight excluding hydrogens is 216 g/mol. The van der Waals surface area contributed by atoms with Crippen molar-refractivity contribution < 1.29 is 0 Å². The summed E-state index contributed by atoms with van der Waals surface area (Å²) in [6.07, 6.45) is 4.01. The van der Waals surface area contributed by atoms with Crippen LogP contribution in [0.15, 0.2) is 60.0 Å². The molecule has 3 aromatic rings. The lowest BCUT2D eigenvalue weighted by Crippen LogP contribution is -1.86. The van der Waals surface area contributed by atoms with Crippen LogP contribution in [0, 0.1) is 0 Å². The van der Waals surface area contributed by atoms with Crippen LogP contribution in [-0.2, 0) is 0 Å². The van der Waals surface area contributed by atoms with Gasteiger partial charge >= 0.3 is 0 Å². The van der Waals surface area contributed by atoms with Crippen LogP contribution < -0.4 is 0 Å². The fourth-order valence-corrected chi connectivity index (χ4v) is 2.65. The van der Waals surface area contributed by atoms with Gasteiger partial charge in [-0.15, -0.1) is 0 Å². The van der Waals surface area contributed by atoms with Crippen molar-refractivity contribution in [2.75, 3.05) is 0 Å². The maximum atomic E-state index is 3.05. The maximum Gasteiger partial charge on any atom is -0.00150 e. The van der Waals surface area contributed by atoms with Gasteiger partial charge in [-0.25, -0.2) is 0 Å². The molecule has 0 aromatic heterocycles. The van der Waals surface area contributed by atoms with Crippen LogP contribution in [0.3, 0.4) is 0 Å². The zero-order valence-electron chi connectivity index (χ0n) is 9.77. The summed E-state index contributed by atoms with van der Waals surface area (Å²) in [5, 5.41) is 5.19. The number of hydrogen-bond acceptors (Lipinski definition) is 0. The Kier molecular flexibility index (Phi) is 1.84. The second-order valence-electron chi connectivity index (χ2n) is 4.53. The molecule has 0 saturated carbocycles. The summed E-state index contributed by atoms with van der Waals surface area (Å²) in [6, 6.07) is 17.3. The zero-order chi connectivity index (χ0) is 11.9. The Hall–Kier alpha value is -2.52. The van der Waals surface area contributed by atoms with Crippen molar-refractivity contribution in [2.24, 2.45) is 0 Å². The Bertz CT molecular complexity index is 884. The van der Waals surface area contributed by atoms with Gasteiger partial charge in [0.15, 0.2) is 0 Å². The van der Waals surface area contributed by atoms with E-state index in [2.05, 4.69) is 60.0 Å². The van der Waals surface area contributed by atoms with E-state index in [0.717, 1.165) is 0 Å². The van der Waals surface area contributed by atoms with Crippen molar-refractivity contribution in [1.82, 2.24) is 0 Å². The summed E-state index contributed by atoms with van der Waals surface area (Å²) in [5.74, 6) is 0. The SMILES string of the molecule is C1=C=Cc2c(ccc3c2ccc2ccccc23)C=1. The molecule has 0 unspecified atom stereocenters. The molecule has 0 amide bonds. The molecule has 0 nitrogen and oxygen atoms in total. The van der Waals surface area contributed by atoms with Crippen LogP contribution in [0.1, 0.15) is 11.1 Å². The molecule has 3 aromatic carbocycles. The number of fused-ring (bicyclic) bond motifs is 5. The van der Waals surface area contributed by atoms with E-state index in [9.17, 15) is 0 Å². The van der Waals surface area contributed by atoms with Crippen LogP contribution >= 0.6 is 0 Å². The van der Waals surface area contributed by atoms with Crippen molar-refractivity contribution in [3.05, 3.63) is 71.1 Å². The lowest BCUT2D eigenvalue weighted by molar-refractivity contribution is 1.67. The Labute approximate surface area is 105 Å². The summed E-state index contributed by atoms with van der Waals surface area (Å²) in [5.41, 5.74) is 8.53. The summed E-state index contributed by atoms with van der Waals surface area (Å²) in [7, 11) is 0. The molecule has 0 bridgehead atoms. The van der Waals surface area contributed by atoms with Gasteiger partial charge in [0.2, 0.25) is 0 Å². The van der Waals surface area contributed by atoms with Gasteiger partial charge in [-0.05, 0) is 44.8 Å². The number of hydrogen-bond donors (Lipinski definition) is 0. The van der Waals surface area contributed by atoms with Crippen molar-refractivity contribution in [2.45, 2.75) is 0 Å². The van der Waals surface area contributed by atoms with E-state index >= 15 is 0 Å². The summed E-state index contributed by atoms with van der Waals surface area (Å²) in [4.78, 5) is 0. The van der Waals surface area contributed by atoms with Crippen LogP contribution in [0.2, 0.25) is 0 Å². The van der Waals surface area contributed by atoms with Crippen molar-refractivity contribution in [1.29, 1.82) is 0 Å². The fraction of sp³-hybridized carbons (Fsp3) is 0. The molecular formula is C18H10. The second kappa shape index (κ2) is 3.48. The monoisotopic (exact) mass is 226 g/mol. The smallest absolute Gasteiger partial charge is 0.00150 e. The van der Waals surface area contributed by atoms with E-state index in [1.54, 1.807) is 0 Å². The van der Waals surface area contributed by atoms with Gasteiger partial charge in [-0.2, -0.15) is 0 Å². The molecule has 0 spiro atoms. The van der Waals surface area contributed by atoms with Gasteiger partial charge in [0, 0.05) is 0 Å². The van der Waals surface area contributed by atoms with E-state index in [-0.39, 0.29) is 0 Å². The molecule has 0 heterocycles. The minimum absolute atomic E-state index is 1.22. The highest BCUT2D eigenvalue weighted by Gasteiger charge is 2.07. The zero-order valence-corrected chi connectivity index (χ0v) is 9.77. The summed E-state index contributed by atoms with van der Waals surface area (Å²) < 4.78 is 0. The van der Waals surface area contributed by atoms with E-state index in [1.165, 1.54) is 32.7 Å². The molecule has 0 aliphatic heterocycles. The van der Waals surface area contributed by atoms with E-state index in [0.29, 0.717) is 0 Å². The standard InChI is InChI=1S/C18H10/c1-3-7-15-13(5-1)9-11-18-16-8-4-2-6-14(16)10-12-17(15)18/h1,3,5-12H. The second-order valence-corrected chi connectivity index (χ2v) is 4.53. The first-order chi connectivity index (χ1) is 8.93. The van der Waals surface area contributed by atoms with Gasteiger partial charge in [-0.1, -0.05) is 60.0 Å². The Morgan fingerprint density at radius 3 is 2.44 bits per heavy atom. The van der Waals surface area contributed by atoms with Gasteiger partial charge in [0.1, 0.15) is 0 Å². The molecule has 0 N–H and O–H groups in total. The highest BCUT2D eigenvalue weighted by atomic mass is 14.1. The lowest BCUT2D eigenvalue weighted by Gasteiger charge is -2.09. The predicted octanol–water partition coefficient (Wildman–Crippen LogP) is 4.79. The predicted molar refractivity (Wildman–Crippen MR) is 77.4 cm³/mol. The van der Waals surface area contributed by atoms with Gasteiger partial charge in [0.25, 0.3) is 0 Å². The van der Waals surface area contributed by atoms with E-state index in [4.69, 9.17) is 0 Å². The van der Waals surface area contributed by atoms with Gasteiger partial charge in [-0.3, -0.25) is 0 Å². The lowest BCUT2D eigenvalue weighted by atomic mass is 9.94. The summed E-state index contributed by atoms with van der Waals surface area (Å²) >= 11 is 0. The Morgan fingerprint density at radius 2 is 1.44 bits per heavy atom. The minimum atomic E-state index is 1.22. The first-order valence-electron chi connectivity index (χ1n) is 6.05. The first kappa shape index (κ1) is 9.50. The molecule has 0 saturated heterocycles. The third kappa shape index (κ3) is 1.22. The van der Waals surface area contributed by atoms with Crippen LogP contribution in [0.5, 0.6) is 0 Å². The average molecular weight is 226 g/mol. The van der Waals surface area contributed by atoms with Crippen molar-refractivity contribution >= 4 is 33.7 Å². The minimum Gasteiger partial charge on any atom is -0.0696 e. The quantitative estimate of drug-likeness (QED) is 0.299.